The van der Waals surface area contributed by atoms with Crippen LogP contribution in [0.5, 0.6) is 23.0 Å². The normalized spacial score (nSPS) is 20.0. The molecule has 0 radical (unpaired) electrons. The van der Waals surface area contributed by atoms with E-state index in [2.05, 4.69) is 0 Å². The Hall–Kier alpha value is -3.36. The maximum absolute atomic E-state index is 12.7. The molecule has 3 aromatic carbocycles. The molecule has 0 bridgehead atoms. The highest BCUT2D eigenvalue weighted by atomic mass is 32.2. The highest BCUT2D eigenvalue weighted by Gasteiger charge is 2.54. The largest absolute Gasteiger partial charge is 0.768 e. The third-order valence-electron chi connectivity index (χ3n) is 4.92. The van der Waals surface area contributed by atoms with Gasteiger partial charge in [0.2, 0.25) is 0 Å². The van der Waals surface area contributed by atoms with Gasteiger partial charge in [-0.25, -0.2) is 4.79 Å². The fraction of sp³-hybridized carbons (Fsp3) is 0.0500. The van der Waals surface area contributed by atoms with Gasteiger partial charge >= 0.3 is 5.97 Å². The summed E-state index contributed by atoms with van der Waals surface area (Å²) in [6.07, 6.45) is 0. The second-order valence-electron chi connectivity index (χ2n) is 6.45. The zero-order valence-electron chi connectivity index (χ0n) is 14.0. The fourth-order valence-electron chi connectivity index (χ4n) is 3.88. The van der Waals surface area contributed by atoms with Gasteiger partial charge in [-0.2, -0.15) is 0 Å². The van der Waals surface area contributed by atoms with Crippen molar-refractivity contribution in [2.45, 2.75) is 10.5 Å². The Labute approximate surface area is 161 Å². The number of carbonyl (C=O) groups is 1. The summed E-state index contributed by atoms with van der Waals surface area (Å²) in [5.74, 6) is -0.817. The summed E-state index contributed by atoms with van der Waals surface area (Å²) in [6.45, 7) is 0. The molecule has 7 nitrogen and oxygen atoms in total. The van der Waals surface area contributed by atoms with Crippen LogP contribution in [0.15, 0.2) is 59.5 Å². The van der Waals surface area contributed by atoms with Crippen LogP contribution in [0.3, 0.4) is 0 Å². The Kier molecular flexibility index (Phi) is 3.34. The monoisotopic (exact) mass is 395 g/mol. The zero-order valence-corrected chi connectivity index (χ0v) is 14.9. The average molecular weight is 395 g/mol. The number of rotatable bonds is 1. The van der Waals surface area contributed by atoms with Crippen LogP contribution in [0.2, 0.25) is 0 Å². The van der Waals surface area contributed by atoms with E-state index in [0.717, 1.165) is 6.07 Å². The van der Waals surface area contributed by atoms with E-state index in [0.29, 0.717) is 16.7 Å². The molecule has 0 fully saturated rings. The van der Waals surface area contributed by atoms with Gasteiger partial charge in [0.1, 0.15) is 23.0 Å². The molecule has 0 aliphatic carbocycles. The van der Waals surface area contributed by atoms with Crippen LogP contribution in [-0.2, 0) is 21.4 Å². The number of aromatic hydroxyl groups is 2. The van der Waals surface area contributed by atoms with Gasteiger partial charge in [-0.1, -0.05) is 18.2 Å². The summed E-state index contributed by atoms with van der Waals surface area (Å²) < 4.78 is 35.6. The number of fused-ring (bicyclic) bond motifs is 6. The molecular formula is C20H11O7S-. The summed E-state index contributed by atoms with van der Waals surface area (Å²) in [7, 11) is 0. The minimum absolute atomic E-state index is 0.0156. The van der Waals surface area contributed by atoms with Gasteiger partial charge in [0.05, 0.1) is 11.1 Å². The first kappa shape index (κ1) is 16.8. The summed E-state index contributed by atoms with van der Waals surface area (Å²) in [6, 6.07) is 13.2. The van der Waals surface area contributed by atoms with Gasteiger partial charge in [0.25, 0.3) is 0 Å². The van der Waals surface area contributed by atoms with Crippen molar-refractivity contribution in [2.24, 2.45) is 0 Å². The van der Waals surface area contributed by atoms with E-state index in [1.54, 1.807) is 24.3 Å². The minimum Gasteiger partial charge on any atom is -0.768 e. The maximum atomic E-state index is 12.7. The maximum Gasteiger partial charge on any atom is 0.340 e. The molecule has 3 aromatic rings. The first-order valence-electron chi connectivity index (χ1n) is 8.23. The molecule has 2 aliphatic heterocycles. The van der Waals surface area contributed by atoms with Crippen molar-refractivity contribution in [2.75, 3.05) is 0 Å². The molecule has 5 rings (SSSR count). The first-order valence-corrected chi connectivity index (χ1v) is 9.30. The highest BCUT2D eigenvalue weighted by Crippen LogP contribution is 2.58. The predicted molar refractivity (Wildman–Crippen MR) is 95.2 cm³/mol. The van der Waals surface area contributed by atoms with Crippen molar-refractivity contribution in [3.05, 3.63) is 76.9 Å². The molecule has 0 saturated heterocycles. The smallest absolute Gasteiger partial charge is 0.340 e. The Morgan fingerprint density at radius 1 is 0.929 bits per heavy atom. The molecule has 28 heavy (non-hydrogen) atoms. The van der Waals surface area contributed by atoms with E-state index in [1.807, 2.05) is 0 Å². The highest BCUT2D eigenvalue weighted by molar-refractivity contribution is 7.79. The van der Waals surface area contributed by atoms with Gasteiger partial charge in [0.15, 0.2) is 5.60 Å². The summed E-state index contributed by atoms with van der Waals surface area (Å²) in [5, 5.41) is 19.9. The van der Waals surface area contributed by atoms with E-state index in [9.17, 15) is 23.8 Å². The standard InChI is InChI=1S/C20H12O7S/c21-10-5-6-14-15(7-10)26-16-8-11(22)9-17(28(24)25)18(16)20(14)13-4-2-1-3-12(13)19(23)27-20/h1-9,21-22H,(H,24,25)/p-1. The fourth-order valence-corrected chi connectivity index (χ4v) is 4.51. The average Bonchev–Trinajstić information content (AvgIpc) is 2.94. The SMILES string of the molecule is O=C1OC2(c3ccc(O)cc3Oc3cc(O)cc(S(=O)[O-])c32)c2ccccc21. The van der Waals surface area contributed by atoms with Crippen molar-refractivity contribution in [1.82, 2.24) is 0 Å². The van der Waals surface area contributed by atoms with Crippen LogP contribution >= 0.6 is 0 Å². The van der Waals surface area contributed by atoms with Crippen LogP contribution in [-0.4, -0.2) is 24.9 Å². The molecule has 2 atom stereocenters. The van der Waals surface area contributed by atoms with Gasteiger partial charge in [-0.15, -0.1) is 0 Å². The van der Waals surface area contributed by atoms with Gasteiger partial charge in [-0.05, 0) is 35.3 Å². The molecule has 2 unspecified atom stereocenters. The summed E-state index contributed by atoms with van der Waals surface area (Å²) in [5.41, 5.74) is -0.379. The molecule has 140 valence electrons. The number of benzene rings is 3. The van der Waals surface area contributed by atoms with Crippen molar-refractivity contribution < 1.29 is 33.2 Å². The molecular weight excluding hydrogens is 384 g/mol. The topological polar surface area (TPSA) is 116 Å². The number of phenolic OH excluding ortho intramolecular Hbond substituents is 2. The lowest BCUT2D eigenvalue weighted by molar-refractivity contribution is 0.0214. The lowest BCUT2D eigenvalue weighted by Gasteiger charge is -2.38. The number of hydrogen-bond donors (Lipinski definition) is 2. The second-order valence-corrected chi connectivity index (χ2v) is 7.36. The van der Waals surface area contributed by atoms with Crippen LogP contribution in [0, 0.1) is 0 Å². The molecule has 0 amide bonds. The number of carbonyl (C=O) groups excluding carboxylic acids is 1. The summed E-state index contributed by atoms with van der Waals surface area (Å²) in [4.78, 5) is 12.4. The molecule has 2 aliphatic rings. The van der Waals surface area contributed by atoms with Crippen molar-refractivity contribution in [3.63, 3.8) is 0 Å². The predicted octanol–water partition coefficient (Wildman–Crippen LogP) is 2.90. The van der Waals surface area contributed by atoms with Crippen LogP contribution < -0.4 is 4.74 Å². The van der Waals surface area contributed by atoms with Gasteiger partial charge < -0.3 is 24.2 Å². The summed E-state index contributed by atoms with van der Waals surface area (Å²) >= 11 is -2.75. The molecule has 2 heterocycles. The first-order chi connectivity index (χ1) is 13.4. The van der Waals surface area contributed by atoms with E-state index >= 15 is 0 Å². The molecule has 0 aromatic heterocycles. The van der Waals surface area contributed by atoms with Crippen molar-refractivity contribution in [3.8, 4) is 23.0 Å². The Balaban J connectivity index is 1.97. The van der Waals surface area contributed by atoms with Gasteiger partial charge in [-0.3, -0.25) is 4.21 Å². The third-order valence-corrected chi connectivity index (χ3v) is 5.60. The number of hydrogen-bond acceptors (Lipinski definition) is 7. The van der Waals surface area contributed by atoms with Crippen LogP contribution in [0.25, 0.3) is 0 Å². The molecule has 1 spiro atoms. The van der Waals surface area contributed by atoms with E-state index in [1.165, 1.54) is 24.3 Å². The molecule has 8 heteroatoms. The Bertz CT molecular complexity index is 1200. The Morgan fingerprint density at radius 2 is 1.68 bits per heavy atom. The van der Waals surface area contributed by atoms with E-state index < -0.39 is 22.7 Å². The quantitative estimate of drug-likeness (QED) is 0.481. The minimum atomic E-state index is -2.75. The van der Waals surface area contributed by atoms with Crippen LogP contribution in [0.1, 0.15) is 27.0 Å². The van der Waals surface area contributed by atoms with E-state index in [-0.39, 0.29) is 33.5 Å². The van der Waals surface area contributed by atoms with E-state index in [4.69, 9.17) is 9.47 Å². The molecule has 0 saturated carbocycles. The number of ether oxygens (including phenoxy) is 2. The van der Waals surface area contributed by atoms with Crippen molar-refractivity contribution in [1.29, 1.82) is 0 Å². The van der Waals surface area contributed by atoms with Crippen LogP contribution in [0.4, 0.5) is 0 Å². The third kappa shape index (κ3) is 2.07. The van der Waals surface area contributed by atoms with Crippen molar-refractivity contribution >= 4 is 17.0 Å². The zero-order chi connectivity index (χ0) is 19.6. The number of phenols is 2. The lowest BCUT2D eigenvalue weighted by Crippen LogP contribution is -2.34. The lowest BCUT2D eigenvalue weighted by atomic mass is 9.77. The Morgan fingerprint density at radius 3 is 2.46 bits per heavy atom. The molecule has 2 N–H and O–H groups in total. The van der Waals surface area contributed by atoms with Gasteiger partial charge in [0, 0.05) is 28.2 Å². The second kappa shape index (κ2) is 5.57. The number of esters is 1.